The zero-order chi connectivity index (χ0) is 16.1. The summed E-state index contributed by atoms with van der Waals surface area (Å²) < 4.78 is 16.3. The molecule has 0 spiro atoms. The number of ether oxygens (including phenoxy) is 3. The van der Waals surface area contributed by atoms with Gasteiger partial charge in [-0.25, -0.2) is 4.98 Å². The Morgan fingerprint density at radius 2 is 1.86 bits per heavy atom. The molecule has 0 bridgehead atoms. The van der Waals surface area contributed by atoms with Crippen molar-refractivity contribution in [3.05, 3.63) is 21.8 Å². The normalized spacial score (nSPS) is 10.2. The second-order valence-electron chi connectivity index (χ2n) is 4.19. The molecule has 1 aromatic carbocycles. The molecule has 0 fully saturated rings. The van der Waals surface area contributed by atoms with Gasteiger partial charge in [0.05, 0.1) is 27.8 Å². The molecule has 2 rings (SSSR count). The van der Waals surface area contributed by atoms with E-state index in [1.165, 1.54) is 21.3 Å². The number of aromatic nitrogens is 3. The third-order valence-corrected chi connectivity index (χ3v) is 3.26. The zero-order valence-electron chi connectivity index (χ0n) is 12.3. The number of nitrogens with one attached hydrogen (secondary N) is 2. The van der Waals surface area contributed by atoms with E-state index in [1.807, 2.05) is 22.6 Å². The van der Waals surface area contributed by atoms with Gasteiger partial charge >= 0.3 is 0 Å². The molecule has 2 N–H and O–H groups in total. The first-order valence-electron chi connectivity index (χ1n) is 6.24. The maximum absolute atomic E-state index is 12.0. The molecule has 2 aromatic rings. The molecule has 118 valence electrons. The van der Waals surface area contributed by atoms with Crippen LogP contribution in [0.5, 0.6) is 17.2 Å². The van der Waals surface area contributed by atoms with Crippen LogP contribution >= 0.6 is 22.6 Å². The molecule has 0 aliphatic rings. The molecular weight excluding hydrogens is 403 g/mol. The van der Waals surface area contributed by atoms with E-state index in [4.69, 9.17) is 14.2 Å². The summed E-state index contributed by atoms with van der Waals surface area (Å²) >= 11 is 1.97. The summed E-state index contributed by atoms with van der Waals surface area (Å²) in [7, 11) is 4.54. The van der Waals surface area contributed by atoms with Crippen LogP contribution in [0, 0.1) is 3.83 Å². The summed E-state index contributed by atoms with van der Waals surface area (Å²) in [5, 5.41) is 9.31. The molecule has 1 heterocycles. The minimum Gasteiger partial charge on any atom is -0.493 e. The Morgan fingerprint density at radius 3 is 2.32 bits per heavy atom. The van der Waals surface area contributed by atoms with E-state index < -0.39 is 0 Å². The van der Waals surface area contributed by atoms with Gasteiger partial charge in [0.25, 0.3) is 0 Å². The van der Waals surface area contributed by atoms with Crippen molar-refractivity contribution in [2.24, 2.45) is 0 Å². The van der Waals surface area contributed by atoms with Crippen LogP contribution in [-0.2, 0) is 11.2 Å². The molecule has 0 radical (unpaired) electrons. The van der Waals surface area contributed by atoms with Crippen LogP contribution in [0.1, 0.15) is 5.82 Å². The van der Waals surface area contributed by atoms with Crippen LogP contribution in [0.4, 0.5) is 5.69 Å². The van der Waals surface area contributed by atoms with Gasteiger partial charge in [-0.2, -0.15) is 0 Å². The minimum absolute atomic E-state index is 0.0899. The molecule has 8 nitrogen and oxygen atoms in total. The Bertz CT molecular complexity index is 649. The number of methoxy groups -OCH3 is 3. The fourth-order valence-corrected chi connectivity index (χ4v) is 2.27. The van der Waals surface area contributed by atoms with Crippen LogP contribution < -0.4 is 19.5 Å². The monoisotopic (exact) mass is 418 g/mol. The van der Waals surface area contributed by atoms with Gasteiger partial charge in [0.2, 0.25) is 15.5 Å². The smallest absolute Gasteiger partial charge is 0.232 e. The number of anilines is 1. The van der Waals surface area contributed by atoms with Crippen molar-refractivity contribution in [3.8, 4) is 17.2 Å². The van der Waals surface area contributed by atoms with E-state index in [0.717, 1.165) is 0 Å². The highest BCUT2D eigenvalue weighted by Gasteiger charge is 2.15. The van der Waals surface area contributed by atoms with E-state index in [9.17, 15) is 4.79 Å². The molecule has 0 unspecified atom stereocenters. The quantitative estimate of drug-likeness (QED) is 0.692. The number of H-pyrrole nitrogens is 1. The topological polar surface area (TPSA) is 98.4 Å². The molecule has 1 aromatic heterocycles. The summed E-state index contributed by atoms with van der Waals surface area (Å²) in [4.78, 5) is 16.1. The number of hydrogen-bond acceptors (Lipinski definition) is 6. The number of rotatable bonds is 6. The predicted octanol–water partition coefficient (Wildman–Crippen LogP) is 1.62. The van der Waals surface area contributed by atoms with Gasteiger partial charge in [-0.3, -0.25) is 9.89 Å². The van der Waals surface area contributed by atoms with Gasteiger partial charge in [0.1, 0.15) is 5.82 Å². The number of benzene rings is 1. The highest BCUT2D eigenvalue weighted by atomic mass is 127. The number of hydrogen-bond donors (Lipinski definition) is 2. The first-order valence-corrected chi connectivity index (χ1v) is 7.32. The first kappa shape index (κ1) is 16.3. The van der Waals surface area contributed by atoms with Crippen molar-refractivity contribution in [2.45, 2.75) is 6.42 Å². The highest BCUT2D eigenvalue weighted by Crippen LogP contribution is 2.39. The molecule has 9 heteroatoms. The second-order valence-corrected chi connectivity index (χ2v) is 5.15. The lowest BCUT2D eigenvalue weighted by Gasteiger charge is -2.14. The number of amides is 1. The van der Waals surface area contributed by atoms with Gasteiger partial charge in [0.15, 0.2) is 11.5 Å². The fraction of sp³-hybridized carbons (Fsp3) is 0.308. The molecule has 0 atom stereocenters. The van der Waals surface area contributed by atoms with E-state index in [0.29, 0.717) is 32.6 Å². The summed E-state index contributed by atoms with van der Waals surface area (Å²) in [6.45, 7) is 0. The summed E-state index contributed by atoms with van der Waals surface area (Å²) in [6.07, 6.45) is 0.0899. The molecule has 0 saturated carbocycles. The van der Waals surface area contributed by atoms with E-state index in [-0.39, 0.29) is 12.3 Å². The molecule has 0 aliphatic heterocycles. The number of carbonyl (C=O) groups excluding carboxylic acids is 1. The highest BCUT2D eigenvalue weighted by molar-refractivity contribution is 14.1. The van der Waals surface area contributed by atoms with Crippen molar-refractivity contribution >= 4 is 34.2 Å². The summed E-state index contributed by atoms with van der Waals surface area (Å²) in [5.74, 6) is 1.65. The van der Waals surface area contributed by atoms with Crippen LogP contribution in [0.15, 0.2) is 12.1 Å². The van der Waals surface area contributed by atoms with Crippen molar-refractivity contribution in [1.82, 2.24) is 15.2 Å². The number of nitrogens with zero attached hydrogens (tertiary/aromatic N) is 2. The average Bonchev–Trinajstić information content (AvgIpc) is 2.90. The van der Waals surface area contributed by atoms with Gasteiger partial charge < -0.3 is 19.5 Å². The third-order valence-electron chi connectivity index (χ3n) is 2.78. The summed E-state index contributed by atoms with van der Waals surface area (Å²) in [6, 6.07) is 3.31. The van der Waals surface area contributed by atoms with Crippen LogP contribution in [-0.4, -0.2) is 42.4 Å². The Labute approximate surface area is 140 Å². The lowest BCUT2D eigenvalue weighted by atomic mass is 10.2. The predicted molar refractivity (Wildman–Crippen MR) is 87.5 cm³/mol. The van der Waals surface area contributed by atoms with E-state index >= 15 is 0 Å². The van der Waals surface area contributed by atoms with E-state index in [1.54, 1.807) is 12.1 Å². The third kappa shape index (κ3) is 3.78. The second kappa shape index (κ2) is 7.29. The maximum atomic E-state index is 12.0. The van der Waals surface area contributed by atoms with Gasteiger partial charge in [-0.15, -0.1) is 5.10 Å². The largest absolute Gasteiger partial charge is 0.493 e. The lowest BCUT2D eigenvalue weighted by molar-refractivity contribution is -0.115. The number of carbonyl (C=O) groups is 1. The number of halogens is 1. The molecule has 0 aliphatic carbocycles. The maximum Gasteiger partial charge on any atom is 0.232 e. The van der Waals surface area contributed by atoms with Crippen LogP contribution in [0.3, 0.4) is 0 Å². The van der Waals surface area contributed by atoms with Crippen molar-refractivity contribution in [2.75, 3.05) is 26.6 Å². The van der Waals surface area contributed by atoms with Gasteiger partial charge in [-0.1, -0.05) is 0 Å². The molecular formula is C13H15IN4O4. The van der Waals surface area contributed by atoms with E-state index in [2.05, 4.69) is 20.5 Å². The Balaban J connectivity index is 2.16. The van der Waals surface area contributed by atoms with Crippen molar-refractivity contribution in [1.29, 1.82) is 0 Å². The molecule has 1 amide bonds. The van der Waals surface area contributed by atoms with Crippen molar-refractivity contribution < 1.29 is 19.0 Å². The molecule has 22 heavy (non-hydrogen) atoms. The minimum atomic E-state index is -0.234. The van der Waals surface area contributed by atoms with Gasteiger partial charge in [0, 0.05) is 40.4 Å². The zero-order valence-corrected chi connectivity index (χ0v) is 14.4. The average molecular weight is 418 g/mol. The Kier molecular flexibility index (Phi) is 5.41. The SMILES string of the molecule is COc1cc(NC(=O)Cc2nc(I)n[nH]2)cc(OC)c1OC. The van der Waals surface area contributed by atoms with Crippen molar-refractivity contribution in [3.63, 3.8) is 0 Å². The lowest BCUT2D eigenvalue weighted by Crippen LogP contribution is -2.15. The van der Waals surface area contributed by atoms with Crippen LogP contribution in [0.2, 0.25) is 0 Å². The van der Waals surface area contributed by atoms with Gasteiger partial charge in [-0.05, 0) is 0 Å². The Hall–Kier alpha value is -2.04. The first-order chi connectivity index (χ1) is 10.6. The standard InChI is InChI=1S/C13H15IN4O4/c1-20-8-4-7(5-9(21-2)12(8)22-3)15-11(19)6-10-16-13(14)18-17-10/h4-5H,6H2,1-3H3,(H,15,19)(H,16,17,18). The number of aromatic amines is 1. The fourth-order valence-electron chi connectivity index (χ4n) is 1.86. The Morgan fingerprint density at radius 1 is 1.23 bits per heavy atom. The summed E-state index contributed by atoms with van der Waals surface area (Å²) in [5.41, 5.74) is 0.536. The molecule has 0 saturated heterocycles. The van der Waals surface area contributed by atoms with Crippen LogP contribution in [0.25, 0.3) is 0 Å².